The average molecular weight is 480 g/mol. The van der Waals surface area contributed by atoms with Crippen LogP contribution in [0.15, 0.2) is 84.0 Å². The molecule has 36 heavy (non-hydrogen) atoms. The summed E-state index contributed by atoms with van der Waals surface area (Å²) in [5.41, 5.74) is 6.72. The summed E-state index contributed by atoms with van der Waals surface area (Å²) in [6, 6.07) is 25.6. The number of nitrogens with zero attached hydrogens (tertiary/aromatic N) is 5. The average Bonchev–Trinajstić information content (AvgIpc) is 2.92. The van der Waals surface area contributed by atoms with Gasteiger partial charge in [-0.15, -0.1) is 0 Å². The van der Waals surface area contributed by atoms with E-state index < -0.39 is 0 Å². The molecule has 1 saturated heterocycles. The Labute approximate surface area is 210 Å². The number of hydrazone groups is 1. The molecule has 1 aromatic heterocycles. The van der Waals surface area contributed by atoms with Gasteiger partial charge in [0.1, 0.15) is 5.75 Å². The second-order valence-electron chi connectivity index (χ2n) is 8.75. The molecule has 0 amide bonds. The van der Waals surface area contributed by atoms with E-state index in [2.05, 4.69) is 47.8 Å². The number of hydrogen-bond acceptors (Lipinski definition) is 8. The Morgan fingerprint density at radius 2 is 1.53 bits per heavy atom. The van der Waals surface area contributed by atoms with E-state index in [9.17, 15) is 5.11 Å². The molecule has 8 nitrogen and oxygen atoms in total. The molecule has 0 bridgehead atoms. The lowest BCUT2D eigenvalue weighted by Gasteiger charge is -2.26. The largest absolute Gasteiger partial charge is 0.507 e. The van der Waals surface area contributed by atoms with Crippen molar-refractivity contribution in [1.29, 1.82) is 0 Å². The predicted molar refractivity (Wildman–Crippen MR) is 144 cm³/mol. The van der Waals surface area contributed by atoms with E-state index in [1.54, 1.807) is 12.3 Å². The van der Waals surface area contributed by atoms with Gasteiger partial charge in [0.15, 0.2) is 0 Å². The van der Waals surface area contributed by atoms with Crippen LogP contribution in [0.3, 0.4) is 0 Å². The maximum atomic E-state index is 10.3. The zero-order valence-electron chi connectivity index (χ0n) is 20.0. The van der Waals surface area contributed by atoms with Gasteiger partial charge in [-0.3, -0.25) is 0 Å². The molecule has 0 spiro atoms. The molecule has 5 rings (SSSR count). The minimum absolute atomic E-state index is 0.161. The van der Waals surface area contributed by atoms with Crippen molar-refractivity contribution >= 4 is 29.7 Å². The third kappa shape index (κ3) is 6.15. The smallest absolute Gasteiger partial charge is 0.250 e. The summed E-state index contributed by atoms with van der Waals surface area (Å²) in [4.78, 5) is 15.9. The second-order valence-corrected chi connectivity index (χ2v) is 8.75. The van der Waals surface area contributed by atoms with E-state index in [0.717, 1.165) is 43.6 Å². The molecule has 182 valence electrons. The van der Waals surface area contributed by atoms with Crippen LogP contribution in [0.2, 0.25) is 0 Å². The number of nitrogens with one attached hydrogen (secondary N) is 2. The highest BCUT2D eigenvalue weighted by Gasteiger charge is 2.16. The van der Waals surface area contributed by atoms with Crippen LogP contribution in [0.5, 0.6) is 5.75 Å². The zero-order chi connectivity index (χ0) is 24.6. The van der Waals surface area contributed by atoms with Crippen LogP contribution in [0.25, 0.3) is 0 Å². The van der Waals surface area contributed by atoms with Crippen molar-refractivity contribution in [3.8, 4) is 5.75 Å². The monoisotopic (exact) mass is 479 g/mol. The Morgan fingerprint density at radius 1 is 0.806 bits per heavy atom. The van der Waals surface area contributed by atoms with E-state index in [1.807, 2.05) is 60.7 Å². The first-order chi connectivity index (χ1) is 17.7. The summed E-state index contributed by atoms with van der Waals surface area (Å²) < 4.78 is 0. The van der Waals surface area contributed by atoms with Gasteiger partial charge in [0, 0.05) is 24.3 Å². The lowest BCUT2D eigenvalue weighted by molar-refractivity contribution is 0.474. The summed E-state index contributed by atoms with van der Waals surface area (Å²) in [6.45, 7) is 1.83. The van der Waals surface area contributed by atoms with E-state index in [-0.39, 0.29) is 5.75 Å². The van der Waals surface area contributed by atoms with Crippen LogP contribution >= 0.6 is 0 Å². The fourth-order valence-electron chi connectivity index (χ4n) is 4.17. The third-order valence-electron chi connectivity index (χ3n) is 6.00. The van der Waals surface area contributed by atoms with Crippen molar-refractivity contribution in [3.63, 3.8) is 0 Å². The summed E-state index contributed by atoms with van der Waals surface area (Å²) in [6.07, 6.45) is 5.81. The summed E-state index contributed by atoms with van der Waals surface area (Å²) in [7, 11) is 0. The number of rotatable bonds is 8. The van der Waals surface area contributed by atoms with Gasteiger partial charge in [-0.05, 0) is 61.1 Å². The number of phenols is 1. The number of aromatic nitrogens is 3. The first kappa shape index (κ1) is 23.3. The van der Waals surface area contributed by atoms with E-state index in [4.69, 9.17) is 0 Å². The van der Waals surface area contributed by atoms with Crippen molar-refractivity contribution in [3.05, 3.63) is 95.6 Å². The summed E-state index contributed by atoms with van der Waals surface area (Å²) in [5.74, 6) is 1.56. The molecule has 0 radical (unpaired) electrons. The van der Waals surface area contributed by atoms with Gasteiger partial charge in [0.2, 0.25) is 17.8 Å². The number of aromatic hydroxyl groups is 1. The standard InChI is InChI=1S/C28H29N7O/c36-25-15-14-22(18-21-10-4-1-5-11-21)19-23(25)20-29-34-27-31-26(30-24-12-6-2-7-13-24)32-28(33-27)35-16-8-3-9-17-35/h1-2,4-7,10-15,19-20,36H,3,8-9,16-18H2,(H2,30,31,32,33,34)/b29-20+. The molecule has 1 fully saturated rings. The predicted octanol–water partition coefficient (Wildman–Crippen LogP) is 5.35. The van der Waals surface area contributed by atoms with Crippen LogP contribution in [-0.4, -0.2) is 39.4 Å². The van der Waals surface area contributed by atoms with Crippen molar-refractivity contribution in [2.75, 3.05) is 28.7 Å². The van der Waals surface area contributed by atoms with Gasteiger partial charge in [-0.2, -0.15) is 20.1 Å². The molecule has 4 aromatic rings. The number of hydrogen-bond donors (Lipinski definition) is 3. The van der Waals surface area contributed by atoms with Gasteiger partial charge in [0.25, 0.3) is 0 Å². The SMILES string of the molecule is Oc1ccc(Cc2ccccc2)cc1/C=N/Nc1nc(Nc2ccccc2)nc(N2CCCCC2)n1. The van der Waals surface area contributed by atoms with Crippen molar-refractivity contribution < 1.29 is 5.11 Å². The van der Waals surface area contributed by atoms with E-state index in [0.29, 0.717) is 23.4 Å². The fourth-order valence-corrected chi connectivity index (χ4v) is 4.17. The molecule has 1 aliphatic heterocycles. The number of piperidine rings is 1. The minimum atomic E-state index is 0.161. The van der Waals surface area contributed by atoms with Gasteiger partial charge < -0.3 is 15.3 Å². The maximum Gasteiger partial charge on any atom is 0.250 e. The van der Waals surface area contributed by atoms with Crippen molar-refractivity contribution in [1.82, 2.24) is 15.0 Å². The quantitative estimate of drug-likeness (QED) is 0.231. The lowest BCUT2D eigenvalue weighted by Crippen LogP contribution is -2.31. The third-order valence-corrected chi connectivity index (χ3v) is 6.00. The highest BCUT2D eigenvalue weighted by Crippen LogP contribution is 2.22. The van der Waals surface area contributed by atoms with Crippen LogP contribution in [0, 0.1) is 0 Å². The Morgan fingerprint density at radius 3 is 2.31 bits per heavy atom. The second kappa shape index (κ2) is 11.3. The zero-order valence-corrected chi connectivity index (χ0v) is 20.0. The van der Waals surface area contributed by atoms with Crippen LogP contribution < -0.4 is 15.6 Å². The molecular formula is C28H29N7O. The Balaban J connectivity index is 1.35. The first-order valence-electron chi connectivity index (χ1n) is 12.2. The van der Waals surface area contributed by atoms with Gasteiger partial charge in [0.05, 0.1) is 6.21 Å². The Kier molecular flexibility index (Phi) is 7.32. The van der Waals surface area contributed by atoms with Crippen molar-refractivity contribution in [2.24, 2.45) is 5.10 Å². The van der Waals surface area contributed by atoms with E-state index in [1.165, 1.54) is 12.0 Å². The van der Waals surface area contributed by atoms with E-state index >= 15 is 0 Å². The molecule has 3 aromatic carbocycles. The normalized spacial score (nSPS) is 13.6. The van der Waals surface area contributed by atoms with Gasteiger partial charge in [-0.25, -0.2) is 5.43 Å². The Bertz CT molecular complexity index is 1310. The summed E-state index contributed by atoms with van der Waals surface area (Å²) >= 11 is 0. The van der Waals surface area contributed by atoms with Gasteiger partial charge in [-0.1, -0.05) is 54.6 Å². The Hall–Kier alpha value is -4.46. The fraction of sp³-hybridized carbons (Fsp3) is 0.214. The molecule has 3 N–H and O–H groups in total. The van der Waals surface area contributed by atoms with Crippen molar-refractivity contribution in [2.45, 2.75) is 25.7 Å². The molecule has 1 aliphatic rings. The number of para-hydroxylation sites is 1. The number of benzene rings is 3. The molecule has 0 saturated carbocycles. The minimum Gasteiger partial charge on any atom is -0.507 e. The molecule has 2 heterocycles. The molecule has 0 unspecified atom stereocenters. The highest BCUT2D eigenvalue weighted by molar-refractivity contribution is 5.84. The molecule has 0 aliphatic carbocycles. The molecule has 0 atom stereocenters. The first-order valence-corrected chi connectivity index (χ1v) is 12.2. The lowest BCUT2D eigenvalue weighted by atomic mass is 10.0. The maximum absolute atomic E-state index is 10.3. The highest BCUT2D eigenvalue weighted by atomic mass is 16.3. The molecule has 8 heteroatoms. The van der Waals surface area contributed by atoms with Crippen LogP contribution in [0.4, 0.5) is 23.5 Å². The number of anilines is 4. The topological polar surface area (TPSA) is 98.6 Å². The summed E-state index contributed by atoms with van der Waals surface area (Å²) in [5, 5.41) is 17.9. The number of phenolic OH excluding ortho intramolecular Hbond substituents is 1. The van der Waals surface area contributed by atoms with Gasteiger partial charge >= 0.3 is 0 Å². The van der Waals surface area contributed by atoms with Crippen LogP contribution in [0.1, 0.15) is 36.0 Å². The van der Waals surface area contributed by atoms with Crippen LogP contribution in [-0.2, 0) is 6.42 Å². The molecular weight excluding hydrogens is 450 g/mol.